The van der Waals surface area contributed by atoms with Crippen LogP contribution in [-0.4, -0.2) is 9.13 Å². The van der Waals surface area contributed by atoms with Crippen molar-refractivity contribution in [2.45, 2.75) is 26.9 Å². The molecule has 2 heterocycles. The summed E-state index contributed by atoms with van der Waals surface area (Å²) in [6, 6.07) is 68.8. The van der Waals surface area contributed by atoms with Gasteiger partial charge in [0.05, 0.1) is 11.0 Å². The molecule has 0 aliphatic heterocycles. The van der Waals surface area contributed by atoms with Crippen LogP contribution in [0.15, 0.2) is 182 Å². The molecule has 2 heteroatoms. The van der Waals surface area contributed by atoms with Gasteiger partial charge in [-0.2, -0.15) is 0 Å². The molecule has 282 valence electrons. The monoisotopic (exact) mass is 764 g/mol. The van der Waals surface area contributed by atoms with Gasteiger partial charge in [0.2, 0.25) is 0 Å². The average molecular weight is 765 g/mol. The summed E-state index contributed by atoms with van der Waals surface area (Å²) < 4.78 is 5.02. The summed E-state index contributed by atoms with van der Waals surface area (Å²) >= 11 is 0. The first-order valence-electron chi connectivity index (χ1n) is 21.4. The van der Waals surface area contributed by atoms with Crippen LogP contribution in [0.3, 0.4) is 0 Å². The van der Waals surface area contributed by atoms with Gasteiger partial charge in [-0.1, -0.05) is 158 Å². The van der Waals surface area contributed by atoms with Crippen molar-refractivity contribution in [1.82, 2.24) is 9.13 Å². The molecule has 0 atom stereocenters. The van der Waals surface area contributed by atoms with Crippen LogP contribution in [0.4, 0.5) is 0 Å². The number of para-hydroxylation sites is 4. The van der Waals surface area contributed by atoms with Crippen LogP contribution in [0.1, 0.15) is 13.8 Å². The lowest BCUT2D eigenvalue weighted by molar-refractivity contribution is 0.828. The molecule has 2 nitrogen and oxygen atoms in total. The molecule has 0 bridgehead atoms. The zero-order valence-corrected chi connectivity index (χ0v) is 33.6. The Labute approximate surface area is 347 Å². The van der Waals surface area contributed by atoms with Crippen molar-refractivity contribution in [1.29, 1.82) is 0 Å². The summed E-state index contributed by atoms with van der Waals surface area (Å²) in [5.74, 6) is 0. The first-order chi connectivity index (χ1) is 29.7. The number of nitrogens with zero attached hydrogens (tertiary/aromatic N) is 2. The molecule has 0 saturated carbocycles. The number of hydrogen-bond acceptors (Lipinski definition) is 0. The second-order valence-electron chi connectivity index (χ2n) is 16.5. The summed E-state index contributed by atoms with van der Waals surface area (Å²) in [6.07, 6.45) is 0. The number of hydrogen-bond donors (Lipinski definition) is 0. The van der Waals surface area contributed by atoms with E-state index in [0.29, 0.717) is 0 Å². The first-order valence-corrected chi connectivity index (χ1v) is 21.4. The van der Waals surface area contributed by atoms with Gasteiger partial charge >= 0.3 is 0 Å². The van der Waals surface area contributed by atoms with E-state index < -0.39 is 0 Å². The van der Waals surface area contributed by atoms with E-state index in [4.69, 9.17) is 0 Å². The number of rotatable bonds is 5. The van der Waals surface area contributed by atoms with E-state index in [9.17, 15) is 0 Å². The smallest absolute Gasteiger partial charge is 0.0571 e. The molecule has 0 spiro atoms. The molecular formula is C58H40N2. The molecule has 0 N–H and O–H groups in total. The maximum atomic E-state index is 2.52. The molecule has 13 aromatic rings. The highest BCUT2D eigenvalue weighted by atomic mass is 15.0. The Bertz CT molecular complexity index is 3730. The van der Waals surface area contributed by atoms with Crippen molar-refractivity contribution >= 4 is 97.5 Å². The number of benzene rings is 11. The minimum Gasteiger partial charge on any atom is -0.340 e. The topological polar surface area (TPSA) is 9.86 Å². The van der Waals surface area contributed by atoms with Gasteiger partial charge < -0.3 is 9.13 Å². The quantitative estimate of drug-likeness (QED) is 0.122. The molecule has 0 aliphatic rings. The van der Waals surface area contributed by atoms with Gasteiger partial charge in [-0.25, -0.2) is 0 Å². The van der Waals surface area contributed by atoms with E-state index in [2.05, 4.69) is 205 Å². The van der Waals surface area contributed by atoms with Crippen molar-refractivity contribution in [3.8, 4) is 33.4 Å². The highest BCUT2D eigenvalue weighted by molar-refractivity contribution is 6.30. The van der Waals surface area contributed by atoms with Crippen molar-refractivity contribution in [2.24, 2.45) is 0 Å². The third kappa shape index (κ3) is 4.43. The number of fused-ring (bicyclic) bond motifs is 8. The normalized spacial score (nSPS) is 12.3. The van der Waals surface area contributed by atoms with Crippen LogP contribution in [-0.2, 0) is 13.1 Å². The fourth-order valence-electron chi connectivity index (χ4n) is 11.2. The Morgan fingerprint density at radius 3 is 1.30 bits per heavy atom. The van der Waals surface area contributed by atoms with E-state index in [0.717, 1.165) is 13.1 Å². The molecule has 2 aromatic heterocycles. The molecule has 0 radical (unpaired) electrons. The molecule has 0 unspecified atom stereocenters. The lowest BCUT2D eigenvalue weighted by atomic mass is 9.83. The second-order valence-corrected chi connectivity index (χ2v) is 16.5. The summed E-state index contributed by atoms with van der Waals surface area (Å²) in [6.45, 7) is 6.32. The van der Waals surface area contributed by atoms with Crippen LogP contribution < -0.4 is 0 Å². The molecule has 0 aliphatic carbocycles. The van der Waals surface area contributed by atoms with Crippen LogP contribution in [0.2, 0.25) is 0 Å². The van der Waals surface area contributed by atoms with E-state index >= 15 is 0 Å². The third-order valence-electron chi connectivity index (χ3n) is 13.6. The highest BCUT2D eigenvalue weighted by Gasteiger charge is 2.23. The molecule has 0 amide bonds. The van der Waals surface area contributed by atoms with Crippen LogP contribution in [0.5, 0.6) is 0 Å². The Balaban J connectivity index is 1.22. The number of aromatic nitrogens is 2. The molecule has 13 rings (SSSR count). The maximum Gasteiger partial charge on any atom is 0.0571 e. The van der Waals surface area contributed by atoms with E-state index in [1.807, 2.05) is 0 Å². The van der Waals surface area contributed by atoms with Gasteiger partial charge in [0.25, 0.3) is 0 Å². The van der Waals surface area contributed by atoms with Gasteiger partial charge in [0.15, 0.2) is 0 Å². The lowest BCUT2D eigenvalue weighted by Crippen LogP contribution is -1.97. The zero-order chi connectivity index (χ0) is 39.6. The van der Waals surface area contributed by atoms with Gasteiger partial charge in [-0.15, -0.1) is 0 Å². The van der Waals surface area contributed by atoms with E-state index in [1.54, 1.807) is 0 Å². The minimum atomic E-state index is 0.890. The Hall–Kier alpha value is -7.42. The predicted molar refractivity (Wildman–Crippen MR) is 259 cm³/mol. The summed E-state index contributed by atoms with van der Waals surface area (Å²) in [5.41, 5.74) is 12.8. The van der Waals surface area contributed by atoms with Crippen LogP contribution >= 0.6 is 0 Å². The molecule has 11 aromatic carbocycles. The predicted octanol–water partition coefficient (Wildman–Crippen LogP) is 16.1. The minimum absolute atomic E-state index is 0.890. The van der Waals surface area contributed by atoms with Gasteiger partial charge in [-0.3, -0.25) is 0 Å². The van der Waals surface area contributed by atoms with Crippen LogP contribution in [0, 0.1) is 0 Å². The molecule has 0 saturated heterocycles. The first kappa shape index (κ1) is 33.5. The summed E-state index contributed by atoms with van der Waals surface area (Å²) in [7, 11) is 0. The van der Waals surface area contributed by atoms with Gasteiger partial charge in [0.1, 0.15) is 0 Å². The fraction of sp³-hybridized carbons (Fsp3) is 0.0690. The SMILES string of the molecule is CCn1c2ccccc2c2cccc(-c3cccc4c(-c5cc6cccc7ccc8cccc5c8c76)c5cccc(-c6cccc7c8ccccc8n(CC)c67)c5cc34)c21. The van der Waals surface area contributed by atoms with Crippen LogP contribution in [0.25, 0.3) is 131 Å². The van der Waals surface area contributed by atoms with Crippen molar-refractivity contribution in [2.75, 3.05) is 0 Å². The Morgan fingerprint density at radius 2 is 0.733 bits per heavy atom. The van der Waals surface area contributed by atoms with Gasteiger partial charge in [0, 0.05) is 56.8 Å². The van der Waals surface area contributed by atoms with Gasteiger partial charge in [-0.05, 0) is 114 Å². The lowest BCUT2D eigenvalue weighted by Gasteiger charge is -2.21. The maximum absolute atomic E-state index is 2.52. The van der Waals surface area contributed by atoms with E-state index in [-0.39, 0.29) is 0 Å². The highest BCUT2D eigenvalue weighted by Crippen LogP contribution is 2.49. The average Bonchev–Trinajstić information content (AvgIpc) is 3.82. The Kier molecular flexibility index (Phi) is 7.01. The molecular weight excluding hydrogens is 725 g/mol. The third-order valence-corrected chi connectivity index (χ3v) is 13.6. The number of aryl methyl sites for hydroxylation is 2. The zero-order valence-electron chi connectivity index (χ0n) is 33.6. The van der Waals surface area contributed by atoms with Crippen molar-refractivity contribution < 1.29 is 0 Å². The second kappa shape index (κ2) is 12.5. The molecule has 0 fully saturated rings. The van der Waals surface area contributed by atoms with Crippen molar-refractivity contribution in [3.63, 3.8) is 0 Å². The molecule has 60 heavy (non-hydrogen) atoms. The largest absolute Gasteiger partial charge is 0.340 e. The van der Waals surface area contributed by atoms with Crippen molar-refractivity contribution in [3.05, 3.63) is 182 Å². The standard InChI is InChI=1S/C58H40N2/c1-3-59-52-29-7-5-18-40(52)47-27-13-25-45(57(47)59)38-20-11-23-42-49(38)34-50-39(46-26-14-28-48-41-19-6-8-30-53(41)60(4-2)58(46)48)21-12-24-43(50)56(42)51-33-37-17-9-15-35-31-32-36-16-10-22-44(51)55(36)54(35)37/h5-34H,3-4H2,1-2H3. The van der Waals surface area contributed by atoms with E-state index in [1.165, 1.54) is 131 Å². The summed E-state index contributed by atoms with van der Waals surface area (Å²) in [5, 5.41) is 18.1. The summed E-state index contributed by atoms with van der Waals surface area (Å²) in [4.78, 5) is 0. The fourth-order valence-corrected chi connectivity index (χ4v) is 11.2. The Morgan fingerprint density at radius 1 is 0.300 bits per heavy atom.